The maximum Gasteiger partial charge on any atom is 0.219 e. The highest BCUT2D eigenvalue weighted by molar-refractivity contribution is 5.96. The molecular weight excluding hydrogens is 262 g/mol. The number of rotatable bonds is 2. The van der Waals surface area contributed by atoms with E-state index in [1.54, 1.807) is 6.92 Å². The SMILES string of the molecule is CC(=O)N1CCN(c2ccc(CN)c3ccccc23)CC1. The quantitative estimate of drug-likeness (QED) is 0.916. The van der Waals surface area contributed by atoms with Gasteiger partial charge in [0.1, 0.15) is 0 Å². The number of fused-ring (bicyclic) bond motifs is 1. The Morgan fingerprint density at radius 3 is 2.33 bits per heavy atom. The first-order valence-corrected chi connectivity index (χ1v) is 7.42. The minimum atomic E-state index is 0.165. The molecule has 2 N–H and O–H groups in total. The van der Waals surface area contributed by atoms with Gasteiger partial charge in [-0.1, -0.05) is 30.3 Å². The topological polar surface area (TPSA) is 49.6 Å². The van der Waals surface area contributed by atoms with Crippen LogP contribution in [0.25, 0.3) is 10.8 Å². The second-order valence-corrected chi connectivity index (χ2v) is 5.49. The summed E-state index contributed by atoms with van der Waals surface area (Å²) in [5.41, 5.74) is 8.26. The Morgan fingerprint density at radius 2 is 1.71 bits per heavy atom. The lowest BCUT2D eigenvalue weighted by atomic mass is 10.0. The molecule has 0 saturated carbocycles. The first kappa shape index (κ1) is 13.9. The van der Waals surface area contributed by atoms with Gasteiger partial charge in [-0.05, 0) is 17.0 Å². The summed E-state index contributed by atoms with van der Waals surface area (Å²) in [5, 5.41) is 2.48. The van der Waals surface area contributed by atoms with Crippen LogP contribution in [0.1, 0.15) is 12.5 Å². The van der Waals surface area contributed by atoms with Crippen molar-refractivity contribution >= 4 is 22.4 Å². The summed E-state index contributed by atoms with van der Waals surface area (Å²) in [6.45, 7) is 5.54. The van der Waals surface area contributed by atoms with Crippen LogP contribution in [0.5, 0.6) is 0 Å². The maximum absolute atomic E-state index is 11.4. The van der Waals surface area contributed by atoms with Gasteiger partial charge in [0.2, 0.25) is 5.91 Å². The van der Waals surface area contributed by atoms with Gasteiger partial charge in [-0.2, -0.15) is 0 Å². The summed E-state index contributed by atoms with van der Waals surface area (Å²) in [6.07, 6.45) is 0. The fourth-order valence-electron chi connectivity index (χ4n) is 3.06. The maximum atomic E-state index is 11.4. The van der Waals surface area contributed by atoms with Crippen molar-refractivity contribution in [2.24, 2.45) is 5.73 Å². The van der Waals surface area contributed by atoms with Crippen molar-refractivity contribution in [3.63, 3.8) is 0 Å². The smallest absolute Gasteiger partial charge is 0.219 e. The number of hydrogen-bond acceptors (Lipinski definition) is 3. The molecule has 0 bridgehead atoms. The van der Waals surface area contributed by atoms with E-state index in [2.05, 4.69) is 41.3 Å². The zero-order valence-corrected chi connectivity index (χ0v) is 12.4. The van der Waals surface area contributed by atoms with Crippen molar-refractivity contribution in [1.29, 1.82) is 0 Å². The molecule has 1 heterocycles. The molecule has 3 rings (SSSR count). The number of hydrogen-bond donors (Lipinski definition) is 1. The summed E-state index contributed by atoms with van der Waals surface area (Å²) in [6, 6.07) is 12.7. The van der Waals surface area contributed by atoms with E-state index >= 15 is 0 Å². The van der Waals surface area contributed by atoms with Crippen molar-refractivity contribution in [2.75, 3.05) is 31.1 Å². The molecule has 21 heavy (non-hydrogen) atoms. The van der Waals surface area contributed by atoms with Crippen LogP contribution in [0.3, 0.4) is 0 Å². The van der Waals surface area contributed by atoms with Gasteiger partial charge in [-0.15, -0.1) is 0 Å². The zero-order chi connectivity index (χ0) is 14.8. The van der Waals surface area contributed by atoms with Gasteiger partial charge in [0.25, 0.3) is 0 Å². The standard InChI is InChI=1S/C17H21N3O/c1-13(21)19-8-10-20(11-9-19)17-7-6-14(12-18)15-4-2-3-5-16(15)17/h2-7H,8-12,18H2,1H3. The van der Waals surface area contributed by atoms with E-state index in [9.17, 15) is 4.79 Å². The van der Waals surface area contributed by atoms with Crippen LogP contribution in [0, 0.1) is 0 Å². The first-order chi connectivity index (χ1) is 10.2. The van der Waals surface area contributed by atoms with E-state index in [0.29, 0.717) is 6.54 Å². The zero-order valence-electron chi connectivity index (χ0n) is 12.4. The Hall–Kier alpha value is -2.07. The highest BCUT2D eigenvalue weighted by Crippen LogP contribution is 2.30. The Bertz CT molecular complexity index is 660. The lowest BCUT2D eigenvalue weighted by Crippen LogP contribution is -2.48. The van der Waals surface area contributed by atoms with Crippen LogP contribution < -0.4 is 10.6 Å². The van der Waals surface area contributed by atoms with E-state index in [1.165, 1.54) is 22.0 Å². The van der Waals surface area contributed by atoms with Gasteiger partial charge in [-0.25, -0.2) is 0 Å². The molecule has 1 aliphatic heterocycles. The van der Waals surface area contributed by atoms with E-state index in [-0.39, 0.29) is 5.91 Å². The molecule has 2 aromatic rings. The third-order valence-electron chi connectivity index (χ3n) is 4.28. The molecule has 0 radical (unpaired) electrons. The van der Waals surface area contributed by atoms with E-state index < -0.39 is 0 Å². The second kappa shape index (κ2) is 5.74. The average Bonchev–Trinajstić information content (AvgIpc) is 2.54. The van der Waals surface area contributed by atoms with Crippen LogP contribution >= 0.6 is 0 Å². The Morgan fingerprint density at radius 1 is 1.05 bits per heavy atom. The molecule has 110 valence electrons. The molecule has 0 aromatic heterocycles. The number of anilines is 1. The number of carbonyl (C=O) groups is 1. The van der Waals surface area contributed by atoms with Crippen LogP contribution in [0.2, 0.25) is 0 Å². The van der Waals surface area contributed by atoms with E-state index in [1.807, 2.05) is 4.90 Å². The molecule has 0 unspecified atom stereocenters. The molecule has 4 nitrogen and oxygen atoms in total. The summed E-state index contributed by atoms with van der Waals surface area (Å²) in [4.78, 5) is 15.7. The van der Waals surface area contributed by atoms with Crippen molar-refractivity contribution in [3.05, 3.63) is 42.0 Å². The van der Waals surface area contributed by atoms with Crippen molar-refractivity contribution in [1.82, 2.24) is 4.90 Å². The minimum absolute atomic E-state index is 0.165. The third kappa shape index (κ3) is 2.59. The van der Waals surface area contributed by atoms with Gasteiger partial charge in [0.05, 0.1) is 0 Å². The van der Waals surface area contributed by atoms with Gasteiger partial charge in [0.15, 0.2) is 0 Å². The third-order valence-corrected chi connectivity index (χ3v) is 4.28. The first-order valence-electron chi connectivity index (χ1n) is 7.42. The fraction of sp³-hybridized carbons (Fsp3) is 0.353. The molecule has 1 aliphatic rings. The van der Waals surface area contributed by atoms with E-state index in [0.717, 1.165) is 26.2 Å². The highest BCUT2D eigenvalue weighted by atomic mass is 16.2. The van der Waals surface area contributed by atoms with Gasteiger partial charge >= 0.3 is 0 Å². The molecule has 0 atom stereocenters. The minimum Gasteiger partial charge on any atom is -0.367 e. The predicted octanol–water partition coefficient (Wildman–Crippen LogP) is 1.97. The van der Waals surface area contributed by atoms with Crippen LogP contribution in [-0.4, -0.2) is 37.0 Å². The molecule has 4 heteroatoms. The average molecular weight is 283 g/mol. The molecule has 1 amide bonds. The van der Waals surface area contributed by atoms with Crippen LogP contribution in [0.15, 0.2) is 36.4 Å². The Balaban J connectivity index is 1.93. The molecule has 0 aliphatic carbocycles. The normalized spacial score (nSPS) is 15.5. The number of carbonyl (C=O) groups excluding carboxylic acids is 1. The molecular formula is C17H21N3O. The summed E-state index contributed by atoms with van der Waals surface area (Å²) in [5.74, 6) is 0.165. The Labute approximate surface area is 125 Å². The largest absolute Gasteiger partial charge is 0.367 e. The number of nitrogens with two attached hydrogens (primary N) is 1. The lowest BCUT2D eigenvalue weighted by Gasteiger charge is -2.36. The molecule has 2 aromatic carbocycles. The molecule has 0 spiro atoms. The number of amides is 1. The number of nitrogens with zero attached hydrogens (tertiary/aromatic N) is 2. The summed E-state index contributed by atoms with van der Waals surface area (Å²) >= 11 is 0. The predicted molar refractivity (Wildman–Crippen MR) is 86.3 cm³/mol. The van der Waals surface area contributed by atoms with Gasteiger partial charge in [0, 0.05) is 50.7 Å². The van der Waals surface area contributed by atoms with Crippen molar-refractivity contribution in [2.45, 2.75) is 13.5 Å². The van der Waals surface area contributed by atoms with E-state index in [4.69, 9.17) is 5.73 Å². The lowest BCUT2D eigenvalue weighted by molar-refractivity contribution is -0.129. The van der Waals surface area contributed by atoms with Crippen molar-refractivity contribution < 1.29 is 4.79 Å². The molecule has 1 fully saturated rings. The summed E-state index contributed by atoms with van der Waals surface area (Å²) in [7, 11) is 0. The second-order valence-electron chi connectivity index (χ2n) is 5.49. The highest BCUT2D eigenvalue weighted by Gasteiger charge is 2.20. The molecule has 1 saturated heterocycles. The van der Waals surface area contributed by atoms with Crippen molar-refractivity contribution in [3.8, 4) is 0 Å². The Kier molecular flexibility index (Phi) is 3.80. The van der Waals surface area contributed by atoms with Crippen LogP contribution in [0.4, 0.5) is 5.69 Å². The summed E-state index contributed by atoms with van der Waals surface area (Å²) < 4.78 is 0. The monoisotopic (exact) mass is 283 g/mol. The van der Waals surface area contributed by atoms with Crippen LogP contribution in [-0.2, 0) is 11.3 Å². The number of piperazine rings is 1. The van der Waals surface area contributed by atoms with Gasteiger partial charge < -0.3 is 15.5 Å². The fourth-order valence-corrected chi connectivity index (χ4v) is 3.06. The number of benzene rings is 2. The van der Waals surface area contributed by atoms with Gasteiger partial charge in [-0.3, -0.25) is 4.79 Å².